The van der Waals surface area contributed by atoms with Gasteiger partial charge in [0.15, 0.2) is 12.4 Å². The number of aromatic nitrogens is 1. The zero-order chi connectivity index (χ0) is 16.1. The minimum atomic E-state index is -0.600. The van der Waals surface area contributed by atoms with Gasteiger partial charge in [0.2, 0.25) is 5.76 Å². The molecule has 0 amide bonds. The quantitative estimate of drug-likeness (QED) is 0.650. The van der Waals surface area contributed by atoms with E-state index < -0.39 is 11.8 Å². The van der Waals surface area contributed by atoms with Crippen LogP contribution in [0, 0.1) is 5.82 Å². The lowest BCUT2D eigenvalue weighted by molar-refractivity contribution is -0.147. The Morgan fingerprint density at radius 2 is 2.09 bits per heavy atom. The molecular formula is C16H12FNO5. The number of hydrogen-bond donors (Lipinski definition) is 0. The van der Waals surface area contributed by atoms with E-state index in [0.29, 0.717) is 17.2 Å². The number of nitrogens with zero attached hydrogens (tertiary/aromatic N) is 1. The summed E-state index contributed by atoms with van der Waals surface area (Å²) in [6.07, 6.45) is 1.52. The molecule has 0 spiro atoms. The second-order valence-corrected chi connectivity index (χ2v) is 4.57. The molecule has 23 heavy (non-hydrogen) atoms. The Kier molecular flexibility index (Phi) is 4.37. The van der Waals surface area contributed by atoms with Crippen molar-refractivity contribution in [1.82, 2.24) is 5.16 Å². The molecule has 6 nitrogen and oxygen atoms in total. The lowest BCUT2D eigenvalue weighted by atomic mass is 10.3. The van der Waals surface area contributed by atoms with E-state index in [-0.39, 0.29) is 19.0 Å². The monoisotopic (exact) mass is 317 g/mol. The molecule has 0 unspecified atom stereocenters. The smallest absolute Gasteiger partial charge is 0.344 e. The van der Waals surface area contributed by atoms with Crippen LogP contribution in [-0.4, -0.2) is 17.7 Å². The van der Waals surface area contributed by atoms with Gasteiger partial charge in [0, 0.05) is 12.1 Å². The van der Waals surface area contributed by atoms with Gasteiger partial charge in [-0.3, -0.25) is 0 Å². The van der Waals surface area contributed by atoms with Gasteiger partial charge in [-0.15, -0.1) is 0 Å². The Morgan fingerprint density at radius 3 is 2.87 bits per heavy atom. The molecule has 0 saturated carbocycles. The van der Waals surface area contributed by atoms with Crippen LogP contribution >= 0.6 is 0 Å². The minimum Gasteiger partial charge on any atom is -0.482 e. The van der Waals surface area contributed by atoms with Crippen molar-refractivity contribution in [3.8, 4) is 17.3 Å². The highest BCUT2D eigenvalue weighted by molar-refractivity contribution is 5.71. The Labute approximate surface area is 130 Å². The second kappa shape index (κ2) is 6.78. The molecule has 0 N–H and O–H groups in total. The van der Waals surface area contributed by atoms with Crippen LogP contribution in [0.25, 0.3) is 11.5 Å². The molecule has 0 fully saturated rings. The maximum absolute atomic E-state index is 13.0. The number of rotatable bonds is 6. The first kappa shape index (κ1) is 14.8. The Morgan fingerprint density at radius 1 is 1.17 bits per heavy atom. The Hall–Kier alpha value is -3.09. The van der Waals surface area contributed by atoms with Crippen LogP contribution in [0.15, 0.2) is 57.7 Å². The molecule has 2 heterocycles. The number of carbonyl (C=O) groups excluding carboxylic acids is 1. The lowest BCUT2D eigenvalue weighted by Crippen LogP contribution is -2.14. The zero-order valence-electron chi connectivity index (χ0n) is 11.9. The van der Waals surface area contributed by atoms with E-state index in [1.807, 2.05) is 0 Å². The van der Waals surface area contributed by atoms with Crippen LogP contribution in [0.1, 0.15) is 5.69 Å². The van der Waals surface area contributed by atoms with Crippen LogP contribution in [0.2, 0.25) is 0 Å². The maximum Gasteiger partial charge on any atom is 0.344 e. The highest BCUT2D eigenvalue weighted by Gasteiger charge is 2.11. The van der Waals surface area contributed by atoms with Crippen LogP contribution in [0.3, 0.4) is 0 Å². The van der Waals surface area contributed by atoms with Gasteiger partial charge in [-0.1, -0.05) is 11.2 Å². The summed E-state index contributed by atoms with van der Waals surface area (Å²) >= 11 is 0. The zero-order valence-corrected chi connectivity index (χ0v) is 11.9. The summed E-state index contributed by atoms with van der Waals surface area (Å²) in [6, 6.07) is 10.6. The van der Waals surface area contributed by atoms with Crippen LogP contribution in [-0.2, 0) is 16.1 Å². The van der Waals surface area contributed by atoms with Crippen molar-refractivity contribution < 1.29 is 27.6 Å². The summed E-state index contributed by atoms with van der Waals surface area (Å²) in [5.74, 6) is 0.186. The normalized spacial score (nSPS) is 10.5. The summed E-state index contributed by atoms with van der Waals surface area (Å²) < 4.78 is 33.3. The first-order valence-corrected chi connectivity index (χ1v) is 6.74. The van der Waals surface area contributed by atoms with Crippen LogP contribution in [0.4, 0.5) is 4.39 Å². The van der Waals surface area contributed by atoms with Gasteiger partial charge in [-0.25, -0.2) is 9.18 Å². The van der Waals surface area contributed by atoms with Crippen LogP contribution < -0.4 is 4.74 Å². The first-order valence-electron chi connectivity index (χ1n) is 6.74. The number of ether oxygens (including phenoxy) is 2. The first-order chi connectivity index (χ1) is 11.2. The van der Waals surface area contributed by atoms with E-state index in [2.05, 4.69) is 5.16 Å². The van der Waals surface area contributed by atoms with Gasteiger partial charge >= 0.3 is 5.97 Å². The number of benzene rings is 1. The molecule has 2 aromatic heterocycles. The molecular weight excluding hydrogens is 305 g/mol. The fourth-order valence-corrected chi connectivity index (χ4v) is 1.81. The van der Waals surface area contributed by atoms with E-state index >= 15 is 0 Å². The Balaban J connectivity index is 1.47. The van der Waals surface area contributed by atoms with E-state index in [4.69, 9.17) is 18.4 Å². The number of esters is 1. The highest BCUT2D eigenvalue weighted by atomic mass is 19.1. The predicted octanol–water partition coefficient (Wildman–Crippen LogP) is 3.20. The largest absolute Gasteiger partial charge is 0.482 e. The van der Waals surface area contributed by atoms with Crippen molar-refractivity contribution in [1.29, 1.82) is 0 Å². The number of furan rings is 1. The minimum absolute atomic E-state index is 0.0600. The third-order valence-corrected chi connectivity index (χ3v) is 2.86. The SMILES string of the molecule is O=C(COc1cccc(F)c1)OCc1cc(-c2ccco2)on1. The van der Waals surface area contributed by atoms with Gasteiger partial charge in [0.05, 0.1) is 6.26 Å². The molecule has 1 aromatic carbocycles. The summed E-state index contributed by atoms with van der Waals surface area (Å²) in [6.45, 7) is -0.387. The molecule has 0 aliphatic rings. The van der Waals surface area contributed by atoms with Gasteiger partial charge in [0.1, 0.15) is 23.9 Å². The fraction of sp³-hybridized carbons (Fsp3) is 0.125. The average molecular weight is 317 g/mol. The topological polar surface area (TPSA) is 74.7 Å². The maximum atomic E-state index is 13.0. The number of halogens is 1. The van der Waals surface area contributed by atoms with Crippen molar-refractivity contribution in [2.75, 3.05) is 6.61 Å². The summed E-state index contributed by atoms with van der Waals surface area (Å²) in [5, 5.41) is 3.77. The summed E-state index contributed by atoms with van der Waals surface area (Å²) in [7, 11) is 0. The second-order valence-electron chi connectivity index (χ2n) is 4.57. The van der Waals surface area contributed by atoms with Gasteiger partial charge in [-0.2, -0.15) is 0 Å². The number of hydrogen-bond acceptors (Lipinski definition) is 6. The highest BCUT2D eigenvalue weighted by Crippen LogP contribution is 2.20. The fourth-order valence-electron chi connectivity index (χ4n) is 1.81. The van der Waals surface area contributed by atoms with Crippen molar-refractivity contribution in [3.05, 3.63) is 60.2 Å². The van der Waals surface area contributed by atoms with Crippen LogP contribution in [0.5, 0.6) is 5.75 Å². The van der Waals surface area contributed by atoms with Gasteiger partial charge in [-0.05, 0) is 24.3 Å². The standard InChI is InChI=1S/C16H12FNO5/c17-11-3-1-4-13(7-11)21-10-16(19)22-9-12-8-15(23-18-12)14-5-2-6-20-14/h1-8H,9-10H2. The van der Waals surface area contributed by atoms with Crippen molar-refractivity contribution in [2.45, 2.75) is 6.61 Å². The molecule has 7 heteroatoms. The molecule has 0 atom stereocenters. The van der Waals surface area contributed by atoms with Crippen molar-refractivity contribution in [2.24, 2.45) is 0 Å². The summed E-state index contributed by atoms with van der Waals surface area (Å²) in [4.78, 5) is 11.6. The van der Waals surface area contributed by atoms with E-state index in [9.17, 15) is 9.18 Å². The molecule has 0 radical (unpaired) electrons. The Bertz CT molecular complexity index is 781. The van der Waals surface area contributed by atoms with Crippen molar-refractivity contribution in [3.63, 3.8) is 0 Å². The third-order valence-electron chi connectivity index (χ3n) is 2.86. The van der Waals surface area contributed by atoms with Gasteiger partial charge < -0.3 is 18.4 Å². The molecule has 0 aliphatic heterocycles. The van der Waals surface area contributed by atoms with E-state index in [1.54, 1.807) is 24.3 Å². The van der Waals surface area contributed by atoms with E-state index in [0.717, 1.165) is 0 Å². The number of carbonyl (C=O) groups is 1. The third kappa shape index (κ3) is 3.97. The average Bonchev–Trinajstić information content (AvgIpc) is 3.22. The molecule has 3 rings (SSSR count). The molecule has 118 valence electrons. The predicted molar refractivity (Wildman–Crippen MR) is 75.9 cm³/mol. The lowest BCUT2D eigenvalue weighted by Gasteiger charge is -2.05. The van der Waals surface area contributed by atoms with E-state index in [1.165, 1.54) is 24.5 Å². The van der Waals surface area contributed by atoms with Gasteiger partial charge in [0.25, 0.3) is 0 Å². The molecule has 0 aliphatic carbocycles. The molecule has 0 bridgehead atoms. The van der Waals surface area contributed by atoms with Crippen molar-refractivity contribution >= 4 is 5.97 Å². The molecule has 3 aromatic rings. The summed E-state index contributed by atoms with van der Waals surface area (Å²) in [5.41, 5.74) is 0.440. The molecule has 0 saturated heterocycles.